The molecule has 0 amide bonds. The minimum absolute atomic E-state index is 0.363. The maximum absolute atomic E-state index is 5.82. The number of hydrogen-bond donors (Lipinski definition) is 1. The van der Waals surface area contributed by atoms with Crippen molar-refractivity contribution in [2.45, 2.75) is 27.7 Å². The number of hydrogen-bond acceptors (Lipinski definition) is 5. The summed E-state index contributed by atoms with van der Waals surface area (Å²) in [5, 5.41) is 1.12. The average molecular weight is 264 g/mol. The maximum Gasteiger partial charge on any atom is 0.223 e. The molecular formula is C13H20N4S. The Hall–Kier alpha value is -1.36. The van der Waals surface area contributed by atoms with E-state index < -0.39 is 0 Å². The number of thiophene rings is 1. The van der Waals surface area contributed by atoms with Gasteiger partial charge in [-0.2, -0.15) is 4.98 Å². The van der Waals surface area contributed by atoms with E-state index in [1.165, 1.54) is 4.88 Å². The van der Waals surface area contributed by atoms with Gasteiger partial charge in [0.05, 0.1) is 5.39 Å². The molecule has 0 aliphatic heterocycles. The van der Waals surface area contributed by atoms with Crippen LogP contribution in [0.2, 0.25) is 0 Å². The maximum atomic E-state index is 5.82. The summed E-state index contributed by atoms with van der Waals surface area (Å²) < 4.78 is 0. The number of rotatable bonds is 4. The van der Waals surface area contributed by atoms with Crippen LogP contribution in [0.25, 0.3) is 10.2 Å². The summed E-state index contributed by atoms with van der Waals surface area (Å²) in [4.78, 5) is 13.3. The molecular weight excluding hydrogens is 244 g/mol. The molecule has 98 valence electrons. The van der Waals surface area contributed by atoms with Gasteiger partial charge in [0, 0.05) is 18.0 Å². The average Bonchev–Trinajstić information content (AvgIpc) is 2.64. The van der Waals surface area contributed by atoms with Crippen LogP contribution in [0.4, 0.5) is 11.8 Å². The van der Waals surface area contributed by atoms with Crippen molar-refractivity contribution in [2.75, 3.05) is 23.7 Å². The number of fused-ring (bicyclic) bond motifs is 1. The zero-order valence-corrected chi connectivity index (χ0v) is 12.2. The summed E-state index contributed by atoms with van der Waals surface area (Å²) in [7, 11) is 0. The number of aryl methyl sites for hydroxylation is 1. The minimum Gasteiger partial charge on any atom is -0.368 e. The first-order chi connectivity index (χ1) is 8.51. The van der Waals surface area contributed by atoms with Crippen molar-refractivity contribution < 1.29 is 0 Å². The van der Waals surface area contributed by atoms with E-state index in [1.807, 2.05) is 0 Å². The van der Waals surface area contributed by atoms with Crippen LogP contribution in [0.15, 0.2) is 6.07 Å². The topological polar surface area (TPSA) is 55.0 Å². The molecule has 2 N–H and O–H groups in total. The van der Waals surface area contributed by atoms with Crippen LogP contribution in [-0.2, 0) is 0 Å². The highest BCUT2D eigenvalue weighted by atomic mass is 32.1. The van der Waals surface area contributed by atoms with Crippen LogP contribution in [-0.4, -0.2) is 23.1 Å². The Kier molecular flexibility index (Phi) is 3.71. The van der Waals surface area contributed by atoms with Crippen molar-refractivity contribution in [3.05, 3.63) is 10.9 Å². The van der Waals surface area contributed by atoms with E-state index in [4.69, 9.17) is 5.73 Å². The summed E-state index contributed by atoms with van der Waals surface area (Å²) >= 11 is 1.67. The molecule has 0 radical (unpaired) electrons. The van der Waals surface area contributed by atoms with E-state index in [1.54, 1.807) is 11.3 Å². The second-order valence-corrected chi connectivity index (χ2v) is 6.15. The second-order valence-electron chi connectivity index (χ2n) is 4.91. The second kappa shape index (κ2) is 5.10. The summed E-state index contributed by atoms with van der Waals surface area (Å²) in [5.74, 6) is 1.93. The standard InChI is InChI=1S/C13H20N4S/c1-5-17(7-8(2)3)11-10-6-9(4)18-12(10)16-13(14)15-11/h6,8H,5,7H2,1-4H3,(H2,14,15,16). The van der Waals surface area contributed by atoms with Crippen molar-refractivity contribution in [3.8, 4) is 0 Å². The Morgan fingerprint density at radius 3 is 2.72 bits per heavy atom. The monoisotopic (exact) mass is 264 g/mol. The first-order valence-electron chi connectivity index (χ1n) is 6.29. The Labute approximate surface area is 112 Å². The lowest BCUT2D eigenvalue weighted by Crippen LogP contribution is -2.28. The van der Waals surface area contributed by atoms with Crippen LogP contribution >= 0.6 is 11.3 Å². The lowest BCUT2D eigenvalue weighted by molar-refractivity contribution is 0.616. The van der Waals surface area contributed by atoms with Crippen LogP contribution in [0.3, 0.4) is 0 Å². The molecule has 2 heterocycles. The highest BCUT2D eigenvalue weighted by Crippen LogP contribution is 2.31. The van der Waals surface area contributed by atoms with Gasteiger partial charge in [0.1, 0.15) is 10.6 Å². The van der Waals surface area contributed by atoms with Gasteiger partial charge in [-0.15, -0.1) is 11.3 Å². The van der Waals surface area contributed by atoms with Crippen molar-refractivity contribution in [3.63, 3.8) is 0 Å². The molecule has 0 spiro atoms. The minimum atomic E-state index is 0.363. The fourth-order valence-electron chi connectivity index (χ4n) is 2.09. The Morgan fingerprint density at radius 1 is 1.39 bits per heavy atom. The summed E-state index contributed by atoms with van der Waals surface area (Å²) in [6.07, 6.45) is 0. The van der Waals surface area contributed by atoms with Gasteiger partial charge in [-0.3, -0.25) is 0 Å². The first-order valence-corrected chi connectivity index (χ1v) is 7.11. The van der Waals surface area contributed by atoms with Gasteiger partial charge in [0.2, 0.25) is 5.95 Å². The van der Waals surface area contributed by atoms with Gasteiger partial charge in [-0.25, -0.2) is 4.98 Å². The van der Waals surface area contributed by atoms with Gasteiger partial charge in [-0.1, -0.05) is 13.8 Å². The molecule has 4 nitrogen and oxygen atoms in total. The molecule has 0 fully saturated rings. The van der Waals surface area contributed by atoms with E-state index >= 15 is 0 Å². The lowest BCUT2D eigenvalue weighted by atomic mass is 10.2. The smallest absolute Gasteiger partial charge is 0.223 e. The SMILES string of the molecule is CCN(CC(C)C)c1nc(N)nc2sc(C)cc12. The molecule has 2 aromatic heterocycles. The zero-order valence-electron chi connectivity index (χ0n) is 11.4. The predicted molar refractivity (Wildman–Crippen MR) is 79.3 cm³/mol. The molecule has 0 saturated carbocycles. The van der Waals surface area contributed by atoms with Crippen LogP contribution in [0.5, 0.6) is 0 Å². The molecule has 18 heavy (non-hydrogen) atoms. The zero-order chi connectivity index (χ0) is 13.3. The van der Waals surface area contributed by atoms with Gasteiger partial charge in [-0.05, 0) is 25.8 Å². The van der Waals surface area contributed by atoms with Gasteiger partial charge in [0.25, 0.3) is 0 Å². The third kappa shape index (κ3) is 2.56. The van der Waals surface area contributed by atoms with Crippen molar-refractivity contribution >= 4 is 33.3 Å². The molecule has 2 aromatic rings. The number of nitrogen functional groups attached to an aromatic ring is 1. The molecule has 0 saturated heterocycles. The molecule has 0 bridgehead atoms. The summed E-state index contributed by atoms with van der Waals surface area (Å²) in [6, 6.07) is 2.15. The molecule has 0 aliphatic carbocycles. The molecule has 2 rings (SSSR count). The molecule has 0 atom stereocenters. The van der Waals surface area contributed by atoms with Crippen molar-refractivity contribution in [2.24, 2.45) is 5.92 Å². The largest absolute Gasteiger partial charge is 0.368 e. The molecule has 0 aliphatic rings. The van der Waals surface area contributed by atoms with E-state index in [9.17, 15) is 0 Å². The fourth-order valence-corrected chi connectivity index (χ4v) is 2.97. The highest BCUT2D eigenvalue weighted by molar-refractivity contribution is 7.18. The number of anilines is 2. The predicted octanol–water partition coefficient (Wildman–Crippen LogP) is 3.06. The Bertz CT molecular complexity index is 547. The van der Waals surface area contributed by atoms with Gasteiger partial charge in [0.15, 0.2) is 0 Å². The van der Waals surface area contributed by atoms with E-state index in [-0.39, 0.29) is 0 Å². The van der Waals surface area contributed by atoms with Gasteiger partial charge >= 0.3 is 0 Å². The highest BCUT2D eigenvalue weighted by Gasteiger charge is 2.15. The summed E-state index contributed by atoms with van der Waals surface area (Å²) in [5.41, 5.74) is 5.82. The van der Waals surface area contributed by atoms with Crippen LogP contribution < -0.4 is 10.6 Å². The van der Waals surface area contributed by atoms with E-state index in [0.29, 0.717) is 11.9 Å². The molecule has 0 unspecified atom stereocenters. The summed E-state index contributed by atoms with van der Waals surface area (Å²) in [6.45, 7) is 10.6. The lowest BCUT2D eigenvalue weighted by Gasteiger charge is -2.24. The fraction of sp³-hybridized carbons (Fsp3) is 0.538. The number of nitrogens with zero attached hydrogens (tertiary/aromatic N) is 3. The number of aromatic nitrogens is 2. The third-order valence-electron chi connectivity index (χ3n) is 2.78. The quantitative estimate of drug-likeness (QED) is 0.922. The number of nitrogens with two attached hydrogens (primary N) is 1. The van der Waals surface area contributed by atoms with Crippen LogP contribution in [0.1, 0.15) is 25.6 Å². The Balaban J connectivity index is 2.53. The normalized spacial score (nSPS) is 11.4. The first kappa shape index (κ1) is 13.1. The molecule has 5 heteroatoms. The third-order valence-corrected chi connectivity index (χ3v) is 3.72. The van der Waals surface area contributed by atoms with Crippen LogP contribution in [0, 0.1) is 12.8 Å². The Morgan fingerprint density at radius 2 is 2.11 bits per heavy atom. The van der Waals surface area contributed by atoms with Gasteiger partial charge < -0.3 is 10.6 Å². The van der Waals surface area contributed by atoms with Crippen molar-refractivity contribution in [1.29, 1.82) is 0 Å². The van der Waals surface area contributed by atoms with E-state index in [0.717, 1.165) is 29.1 Å². The van der Waals surface area contributed by atoms with E-state index in [2.05, 4.69) is 48.6 Å². The van der Waals surface area contributed by atoms with Crippen molar-refractivity contribution in [1.82, 2.24) is 9.97 Å². The molecule has 0 aromatic carbocycles.